The topological polar surface area (TPSA) is 62.5 Å². The van der Waals surface area contributed by atoms with Crippen LogP contribution in [0.4, 0.5) is 0 Å². The summed E-state index contributed by atoms with van der Waals surface area (Å²) in [5.41, 5.74) is 1.61. The van der Waals surface area contributed by atoms with Gasteiger partial charge < -0.3 is 9.52 Å². The molecule has 2 aromatic rings. The molecule has 1 aromatic heterocycles. The van der Waals surface area contributed by atoms with Gasteiger partial charge in [0, 0.05) is 11.9 Å². The smallest absolute Gasteiger partial charge is 0.371 e. The van der Waals surface area contributed by atoms with E-state index < -0.39 is 5.97 Å². The summed E-state index contributed by atoms with van der Waals surface area (Å²) in [6, 6.07) is 7.15. The van der Waals surface area contributed by atoms with E-state index in [2.05, 4.69) is 11.2 Å². The number of furan rings is 1. The first-order valence-electron chi connectivity index (χ1n) is 6.09. The molecule has 0 fully saturated rings. The number of hydrogen-bond donors (Lipinski definition) is 2. The Kier molecular flexibility index (Phi) is 3.88. The van der Waals surface area contributed by atoms with E-state index in [1.165, 1.54) is 6.07 Å². The van der Waals surface area contributed by atoms with Crippen molar-refractivity contribution in [2.45, 2.75) is 25.9 Å². The highest BCUT2D eigenvalue weighted by molar-refractivity contribution is 5.91. The first-order valence-corrected chi connectivity index (χ1v) is 6.09. The molecular formula is C15H15NO3. The summed E-state index contributed by atoms with van der Waals surface area (Å²) in [6.07, 6.45) is 6.25. The molecule has 0 aliphatic heterocycles. The van der Waals surface area contributed by atoms with Crippen LogP contribution in [0, 0.1) is 12.3 Å². The van der Waals surface area contributed by atoms with Crippen LogP contribution in [0.3, 0.4) is 0 Å². The van der Waals surface area contributed by atoms with Crippen LogP contribution in [0.25, 0.3) is 11.0 Å². The molecule has 4 heteroatoms. The van der Waals surface area contributed by atoms with E-state index in [0.717, 1.165) is 17.4 Å². The Bertz CT molecular complexity index is 636. The molecule has 98 valence electrons. The molecule has 0 radical (unpaired) electrons. The highest BCUT2D eigenvalue weighted by Crippen LogP contribution is 2.20. The van der Waals surface area contributed by atoms with Crippen LogP contribution in [-0.2, 0) is 6.54 Å². The van der Waals surface area contributed by atoms with Crippen molar-refractivity contribution in [2.75, 3.05) is 0 Å². The van der Waals surface area contributed by atoms with Gasteiger partial charge in [0.25, 0.3) is 0 Å². The largest absolute Gasteiger partial charge is 0.475 e. The number of benzene rings is 1. The molecule has 0 bridgehead atoms. The van der Waals surface area contributed by atoms with Gasteiger partial charge in [-0.15, -0.1) is 6.42 Å². The standard InChI is InChI=1S/C15H15NO3/c1-3-12(4-2)16-9-10-5-6-13-11(7-10)8-14(19-13)15(17)18/h1,5-8,12,16H,4,9H2,2H3,(H,17,18). The zero-order chi connectivity index (χ0) is 13.8. The molecular weight excluding hydrogens is 242 g/mol. The van der Waals surface area contributed by atoms with Crippen molar-refractivity contribution < 1.29 is 14.3 Å². The fourth-order valence-corrected chi connectivity index (χ4v) is 1.87. The van der Waals surface area contributed by atoms with Gasteiger partial charge in [0.15, 0.2) is 0 Å². The van der Waals surface area contributed by atoms with Gasteiger partial charge >= 0.3 is 5.97 Å². The lowest BCUT2D eigenvalue weighted by Crippen LogP contribution is -2.25. The van der Waals surface area contributed by atoms with E-state index in [1.807, 2.05) is 19.1 Å². The van der Waals surface area contributed by atoms with Crippen molar-refractivity contribution in [3.05, 3.63) is 35.6 Å². The van der Waals surface area contributed by atoms with E-state index in [0.29, 0.717) is 12.1 Å². The van der Waals surface area contributed by atoms with Crippen LogP contribution >= 0.6 is 0 Å². The van der Waals surface area contributed by atoms with E-state index >= 15 is 0 Å². The molecule has 1 atom stereocenters. The molecule has 0 spiro atoms. The molecule has 0 saturated carbocycles. The molecule has 2 N–H and O–H groups in total. The Balaban J connectivity index is 2.17. The Hall–Kier alpha value is -2.25. The molecule has 4 nitrogen and oxygen atoms in total. The first kappa shape index (κ1) is 13.2. The van der Waals surface area contributed by atoms with Crippen molar-refractivity contribution in [3.63, 3.8) is 0 Å². The number of carboxylic acids is 1. The van der Waals surface area contributed by atoms with Crippen molar-refractivity contribution in [3.8, 4) is 12.3 Å². The number of fused-ring (bicyclic) bond motifs is 1. The predicted octanol–water partition coefficient (Wildman–Crippen LogP) is 2.63. The second-order valence-corrected chi connectivity index (χ2v) is 4.30. The number of carbonyl (C=O) groups is 1. The van der Waals surface area contributed by atoms with Gasteiger partial charge in [-0.2, -0.15) is 0 Å². The van der Waals surface area contributed by atoms with Gasteiger partial charge in [0.2, 0.25) is 5.76 Å². The molecule has 0 aliphatic carbocycles. The molecule has 1 unspecified atom stereocenters. The fraction of sp³-hybridized carbons (Fsp3) is 0.267. The fourth-order valence-electron chi connectivity index (χ4n) is 1.87. The van der Waals surface area contributed by atoms with Crippen molar-refractivity contribution in [2.24, 2.45) is 0 Å². The maximum Gasteiger partial charge on any atom is 0.371 e. The number of nitrogens with one attached hydrogen (secondary N) is 1. The third-order valence-corrected chi connectivity index (χ3v) is 2.95. The van der Waals surface area contributed by atoms with Crippen molar-refractivity contribution >= 4 is 16.9 Å². The van der Waals surface area contributed by atoms with Gasteiger partial charge in [0.05, 0.1) is 6.04 Å². The zero-order valence-electron chi connectivity index (χ0n) is 10.6. The van der Waals surface area contributed by atoms with E-state index in [4.69, 9.17) is 15.9 Å². The second-order valence-electron chi connectivity index (χ2n) is 4.30. The summed E-state index contributed by atoms with van der Waals surface area (Å²) in [4.78, 5) is 10.8. The number of aromatic carboxylic acids is 1. The Labute approximate surface area is 111 Å². The van der Waals surface area contributed by atoms with Crippen LogP contribution < -0.4 is 5.32 Å². The van der Waals surface area contributed by atoms with Crippen LogP contribution in [-0.4, -0.2) is 17.1 Å². The minimum absolute atomic E-state index is 0.0461. The molecule has 0 aliphatic rings. The highest BCUT2D eigenvalue weighted by atomic mass is 16.4. The molecule has 19 heavy (non-hydrogen) atoms. The summed E-state index contributed by atoms with van der Waals surface area (Å²) in [5.74, 6) is 1.56. The molecule has 1 heterocycles. The minimum Gasteiger partial charge on any atom is -0.475 e. The maximum atomic E-state index is 10.8. The van der Waals surface area contributed by atoms with Crippen LogP contribution in [0.15, 0.2) is 28.7 Å². The van der Waals surface area contributed by atoms with Crippen LogP contribution in [0.2, 0.25) is 0 Å². The number of hydrogen-bond acceptors (Lipinski definition) is 3. The lowest BCUT2D eigenvalue weighted by atomic mass is 10.1. The average molecular weight is 257 g/mol. The molecule has 0 amide bonds. The zero-order valence-corrected chi connectivity index (χ0v) is 10.6. The Morgan fingerprint density at radius 3 is 2.95 bits per heavy atom. The monoisotopic (exact) mass is 257 g/mol. The van der Waals surface area contributed by atoms with Crippen molar-refractivity contribution in [1.29, 1.82) is 0 Å². The number of rotatable bonds is 5. The summed E-state index contributed by atoms with van der Waals surface area (Å²) >= 11 is 0. The van der Waals surface area contributed by atoms with E-state index in [9.17, 15) is 4.79 Å². The summed E-state index contributed by atoms with van der Waals surface area (Å²) in [7, 11) is 0. The molecule has 1 aromatic carbocycles. The summed E-state index contributed by atoms with van der Waals surface area (Å²) < 4.78 is 5.20. The SMILES string of the molecule is C#CC(CC)NCc1ccc2oc(C(=O)O)cc2c1. The quantitative estimate of drug-likeness (QED) is 0.808. The van der Waals surface area contributed by atoms with Gasteiger partial charge in [-0.1, -0.05) is 18.9 Å². The lowest BCUT2D eigenvalue weighted by Gasteiger charge is -2.10. The van der Waals surface area contributed by atoms with Crippen LogP contribution in [0.1, 0.15) is 29.5 Å². The number of carboxylic acid groups (broad SMARTS) is 1. The highest BCUT2D eigenvalue weighted by Gasteiger charge is 2.10. The van der Waals surface area contributed by atoms with Crippen molar-refractivity contribution in [1.82, 2.24) is 5.32 Å². The first-order chi connectivity index (χ1) is 9.13. The van der Waals surface area contributed by atoms with Gasteiger partial charge in [0.1, 0.15) is 5.58 Å². The van der Waals surface area contributed by atoms with E-state index in [-0.39, 0.29) is 11.8 Å². The predicted molar refractivity (Wildman–Crippen MR) is 72.9 cm³/mol. The Morgan fingerprint density at radius 2 is 2.32 bits per heavy atom. The Morgan fingerprint density at radius 1 is 1.53 bits per heavy atom. The minimum atomic E-state index is -1.06. The van der Waals surface area contributed by atoms with Gasteiger partial charge in [-0.05, 0) is 30.2 Å². The summed E-state index contributed by atoms with van der Waals surface area (Å²) in [6.45, 7) is 2.67. The second kappa shape index (κ2) is 5.59. The molecule has 2 rings (SSSR count). The lowest BCUT2D eigenvalue weighted by molar-refractivity contribution is 0.0665. The van der Waals surface area contributed by atoms with E-state index in [1.54, 1.807) is 6.07 Å². The summed E-state index contributed by atoms with van der Waals surface area (Å²) in [5, 5.41) is 12.9. The molecule has 0 saturated heterocycles. The maximum absolute atomic E-state index is 10.8. The average Bonchev–Trinajstić information content (AvgIpc) is 2.83. The van der Waals surface area contributed by atoms with Gasteiger partial charge in [-0.3, -0.25) is 5.32 Å². The van der Waals surface area contributed by atoms with Crippen LogP contribution in [0.5, 0.6) is 0 Å². The normalized spacial score (nSPS) is 12.2. The third-order valence-electron chi connectivity index (χ3n) is 2.95. The number of terminal acetylenes is 1. The third kappa shape index (κ3) is 2.95. The van der Waals surface area contributed by atoms with Gasteiger partial charge in [-0.25, -0.2) is 4.79 Å².